The normalized spacial score (nSPS) is 10.4. The molecule has 0 fully saturated rings. The van der Waals surface area contributed by atoms with Crippen LogP contribution in [0.15, 0.2) is 65.4 Å². The second kappa shape index (κ2) is 10.6. The third kappa shape index (κ3) is 5.73. The van der Waals surface area contributed by atoms with Gasteiger partial charge in [0.1, 0.15) is 12.4 Å². The third-order valence-electron chi connectivity index (χ3n) is 4.16. The molecule has 0 radical (unpaired) electrons. The quantitative estimate of drug-likeness (QED) is 0.448. The number of halogens is 1. The fraction of sp³-hybridized carbons (Fsp3) is 0.217. The fourth-order valence-corrected chi connectivity index (χ4v) is 3.27. The molecule has 0 aliphatic rings. The first kappa shape index (κ1) is 21.6. The summed E-state index contributed by atoms with van der Waals surface area (Å²) in [6.07, 6.45) is 4.34. The standard InChI is InChI=1S/C23H23BrN2O4/c1-3-10-29-22-20(24)11-17(12-21(22)28-2)23(27)26-18-7-4-8-19(13-18)30-15-16-6-5-9-25-14-16/h4-9,11-14H,3,10,15H2,1-2H3,(H,26,27). The molecule has 2 aromatic carbocycles. The third-order valence-corrected chi connectivity index (χ3v) is 4.75. The molecule has 0 unspecified atom stereocenters. The summed E-state index contributed by atoms with van der Waals surface area (Å²) in [4.78, 5) is 16.8. The van der Waals surface area contributed by atoms with Crippen LogP contribution in [0.2, 0.25) is 0 Å². The molecular formula is C23H23BrN2O4. The molecule has 6 nitrogen and oxygen atoms in total. The number of aromatic nitrogens is 1. The van der Waals surface area contributed by atoms with E-state index in [1.54, 1.807) is 43.8 Å². The molecule has 0 aliphatic carbocycles. The number of anilines is 1. The predicted molar refractivity (Wildman–Crippen MR) is 119 cm³/mol. The second-order valence-corrected chi connectivity index (χ2v) is 7.32. The summed E-state index contributed by atoms with van der Waals surface area (Å²) in [6.45, 7) is 2.98. The Labute approximate surface area is 184 Å². The number of hydrogen-bond acceptors (Lipinski definition) is 5. The van der Waals surface area contributed by atoms with Gasteiger partial charge in [-0.2, -0.15) is 0 Å². The molecule has 0 aliphatic heterocycles. The number of nitrogens with one attached hydrogen (secondary N) is 1. The van der Waals surface area contributed by atoms with Crippen molar-refractivity contribution in [1.29, 1.82) is 0 Å². The van der Waals surface area contributed by atoms with Crippen molar-refractivity contribution in [1.82, 2.24) is 4.98 Å². The first-order valence-corrected chi connectivity index (χ1v) is 10.3. The fourth-order valence-electron chi connectivity index (χ4n) is 2.71. The van der Waals surface area contributed by atoms with Gasteiger partial charge in [-0.25, -0.2) is 0 Å². The Morgan fingerprint density at radius 2 is 2.00 bits per heavy atom. The van der Waals surface area contributed by atoms with Gasteiger partial charge in [0.05, 0.1) is 18.2 Å². The molecule has 0 bridgehead atoms. The molecule has 1 amide bonds. The summed E-state index contributed by atoms with van der Waals surface area (Å²) >= 11 is 3.47. The number of amides is 1. The Bertz CT molecular complexity index is 996. The highest BCUT2D eigenvalue weighted by atomic mass is 79.9. The van der Waals surface area contributed by atoms with Crippen molar-refractivity contribution in [2.45, 2.75) is 20.0 Å². The number of ether oxygens (including phenoxy) is 3. The van der Waals surface area contributed by atoms with Crippen molar-refractivity contribution >= 4 is 27.5 Å². The lowest BCUT2D eigenvalue weighted by Crippen LogP contribution is -2.12. The van der Waals surface area contributed by atoms with Gasteiger partial charge in [0, 0.05) is 35.3 Å². The van der Waals surface area contributed by atoms with Gasteiger partial charge in [-0.3, -0.25) is 9.78 Å². The van der Waals surface area contributed by atoms with E-state index in [1.807, 2.05) is 31.2 Å². The average Bonchev–Trinajstić information content (AvgIpc) is 2.77. The molecular weight excluding hydrogens is 448 g/mol. The van der Waals surface area contributed by atoms with Crippen molar-refractivity contribution in [2.24, 2.45) is 0 Å². The topological polar surface area (TPSA) is 69.7 Å². The van der Waals surface area contributed by atoms with Gasteiger partial charge in [-0.15, -0.1) is 0 Å². The lowest BCUT2D eigenvalue weighted by atomic mass is 10.1. The monoisotopic (exact) mass is 470 g/mol. The first-order chi connectivity index (χ1) is 14.6. The number of hydrogen-bond donors (Lipinski definition) is 1. The zero-order valence-corrected chi connectivity index (χ0v) is 18.4. The molecule has 1 aromatic heterocycles. The van der Waals surface area contributed by atoms with Gasteiger partial charge in [0.2, 0.25) is 0 Å². The van der Waals surface area contributed by atoms with Crippen molar-refractivity contribution < 1.29 is 19.0 Å². The maximum atomic E-state index is 12.8. The minimum atomic E-state index is -0.263. The highest BCUT2D eigenvalue weighted by Crippen LogP contribution is 2.37. The van der Waals surface area contributed by atoms with Crippen LogP contribution < -0.4 is 19.5 Å². The van der Waals surface area contributed by atoms with Crippen LogP contribution in [-0.4, -0.2) is 24.6 Å². The Morgan fingerprint density at radius 1 is 1.13 bits per heavy atom. The number of rotatable bonds is 9. The molecule has 0 atom stereocenters. The summed E-state index contributed by atoms with van der Waals surface area (Å²) in [6, 6.07) is 14.4. The Kier molecular flexibility index (Phi) is 7.68. The van der Waals surface area contributed by atoms with Crippen molar-refractivity contribution in [3.8, 4) is 17.2 Å². The number of pyridine rings is 1. The van der Waals surface area contributed by atoms with Crippen LogP contribution in [0.1, 0.15) is 29.3 Å². The summed E-state index contributed by atoms with van der Waals surface area (Å²) in [5, 5.41) is 2.89. The van der Waals surface area contributed by atoms with Gasteiger partial charge in [-0.05, 0) is 52.7 Å². The molecule has 30 heavy (non-hydrogen) atoms. The molecule has 0 saturated heterocycles. The molecule has 1 heterocycles. The Balaban J connectivity index is 1.70. The van der Waals surface area contributed by atoms with Crippen LogP contribution >= 0.6 is 15.9 Å². The molecule has 3 aromatic rings. The summed E-state index contributed by atoms with van der Waals surface area (Å²) < 4.78 is 17.6. The average molecular weight is 471 g/mol. The number of benzene rings is 2. The zero-order valence-electron chi connectivity index (χ0n) is 16.9. The maximum absolute atomic E-state index is 12.8. The van der Waals surface area contributed by atoms with E-state index >= 15 is 0 Å². The largest absolute Gasteiger partial charge is 0.493 e. The summed E-state index contributed by atoms with van der Waals surface area (Å²) in [7, 11) is 1.55. The molecule has 7 heteroatoms. The number of methoxy groups -OCH3 is 1. The number of nitrogens with zero attached hydrogens (tertiary/aromatic N) is 1. The van der Waals surface area contributed by atoms with Crippen molar-refractivity contribution in [3.05, 3.63) is 76.5 Å². The van der Waals surface area contributed by atoms with E-state index in [1.165, 1.54) is 0 Å². The zero-order chi connectivity index (χ0) is 21.3. The van der Waals surface area contributed by atoms with Crippen LogP contribution in [-0.2, 0) is 6.61 Å². The van der Waals surface area contributed by atoms with Crippen LogP contribution in [0.5, 0.6) is 17.2 Å². The van der Waals surface area contributed by atoms with Crippen LogP contribution in [0.25, 0.3) is 0 Å². The molecule has 3 rings (SSSR count). The highest BCUT2D eigenvalue weighted by Gasteiger charge is 2.16. The van der Waals surface area contributed by atoms with E-state index in [0.29, 0.717) is 46.2 Å². The summed E-state index contributed by atoms with van der Waals surface area (Å²) in [5.41, 5.74) is 2.05. The lowest BCUT2D eigenvalue weighted by molar-refractivity contribution is 0.102. The van der Waals surface area contributed by atoms with Gasteiger partial charge in [0.25, 0.3) is 5.91 Å². The van der Waals surface area contributed by atoms with E-state index in [2.05, 4.69) is 26.2 Å². The van der Waals surface area contributed by atoms with E-state index in [-0.39, 0.29) is 5.91 Å². The van der Waals surface area contributed by atoms with E-state index in [4.69, 9.17) is 14.2 Å². The predicted octanol–water partition coefficient (Wildman–Crippen LogP) is 5.47. The SMILES string of the molecule is CCCOc1c(Br)cc(C(=O)Nc2cccc(OCc3cccnc3)c2)cc1OC. The highest BCUT2D eigenvalue weighted by molar-refractivity contribution is 9.10. The molecule has 0 saturated carbocycles. The molecule has 0 spiro atoms. The summed E-state index contributed by atoms with van der Waals surface area (Å²) in [5.74, 6) is 1.47. The Hall–Kier alpha value is -3.06. The molecule has 156 valence electrons. The number of carbonyl (C=O) groups excluding carboxylic acids is 1. The van der Waals surface area contributed by atoms with Gasteiger partial charge in [0.15, 0.2) is 11.5 Å². The van der Waals surface area contributed by atoms with E-state index in [0.717, 1.165) is 12.0 Å². The van der Waals surface area contributed by atoms with Gasteiger partial charge < -0.3 is 19.5 Å². The van der Waals surface area contributed by atoms with Crippen LogP contribution in [0.4, 0.5) is 5.69 Å². The van der Waals surface area contributed by atoms with Crippen molar-refractivity contribution in [2.75, 3.05) is 19.0 Å². The van der Waals surface area contributed by atoms with Crippen LogP contribution in [0, 0.1) is 0 Å². The Morgan fingerprint density at radius 3 is 2.73 bits per heavy atom. The minimum Gasteiger partial charge on any atom is -0.493 e. The number of carbonyl (C=O) groups is 1. The van der Waals surface area contributed by atoms with Gasteiger partial charge >= 0.3 is 0 Å². The smallest absolute Gasteiger partial charge is 0.255 e. The maximum Gasteiger partial charge on any atom is 0.255 e. The second-order valence-electron chi connectivity index (χ2n) is 6.47. The van der Waals surface area contributed by atoms with E-state index in [9.17, 15) is 4.79 Å². The van der Waals surface area contributed by atoms with Crippen molar-refractivity contribution in [3.63, 3.8) is 0 Å². The lowest BCUT2D eigenvalue weighted by Gasteiger charge is -2.14. The molecule has 1 N–H and O–H groups in total. The van der Waals surface area contributed by atoms with E-state index < -0.39 is 0 Å². The minimum absolute atomic E-state index is 0.263. The van der Waals surface area contributed by atoms with Gasteiger partial charge in [-0.1, -0.05) is 19.1 Å². The van der Waals surface area contributed by atoms with Crippen LogP contribution in [0.3, 0.4) is 0 Å². The first-order valence-electron chi connectivity index (χ1n) is 9.54.